The molecule has 129 heavy (non-hydrogen) atoms. The monoisotopic (exact) mass is 1770 g/mol. The lowest BCUT2D eigenvalue weighted by atomic mass is 9.88. The van der Waals surface area contributed by atoms with Crippen LogP contribution >= 0.6 is 0 Å². The third kappa shape index (κ3) is 37.3. The Morgan fingerprint density at radius 3 is 0.550 bits per heavy atom. The van der Waals surface area contributed by atoms with Gasteiger partial charge in [0.05, 0.1) is 113 Å². The van der Waals surface area contributed by atoms with Crippen LogP contribution in [0.5, 0.6) is 69.0 Å². The smallest absolute Gasteiger partial charge is 0.343 e. The predicted octanol–water partition coefficient (Wildman–Crippen LogP) is 19.2. The van der Waals surface area contributed by atoms with Gasteiger partial charge in [0.2, 0.25) is 0 Å². The summed E-state index contributed by atoms with van der Waals surface area (Å²) in [5.41, 5.74) is 1.31. The van der Waals surface area contributed by atoms with Crippen LogP contribution in [0, 0.1) is 5.41 Å². The molecule has 0 aliphatic heterocycles. The lowest BCUT2D eigenvalue weighted by molar-refractivity contribution is -0.138. The van der Waals surface area contributed by atoms with Gasteiger partial charge in [-0.15, -0.1) is 0 Å². The van der Waals surface area contributed by atoms with Gasteiger partial charge in [-0.2, -0.15) is 0 Å². The first-order valence-corrected chi connectivity index (χ1v) is 43.1. The highest BCUT2D eigenvalue weighted by Gasteiger charge is 2.30. The van der Waals surface area contributed by atoms with E-state index in [9.17, 15) is 43.2 Å². The molecule has 0 bridgehead atoms. The lowest BCUT2D eigenvalue weighted by Gasteiger charge is -2.32. The summed E-state index contributed by atoms with van der Waals surface area (Å²) in [4.78, 5) is 112. The van der Waals surface area contributed by atoms with Crippen molar-refractivity contribution < 1.29 is 128 Å². The van der Waals surface area contributed by atoms with Gasteiger partial charge in [-0.1, -0.05) is 26.7 Å². The van der Waals surface area contributed by atoms with E-state index < -0.39 is 59.1 Å². The molecule has 0 saturated heterocycles. The van der Waals surface area contributed by atoms with Gasteiger partial charge in [-0.3, -0.25) is 0 Å². The second kappa shape index (κ2) is 56.2. The van der Waals surface area contributed by atoms with Crippen molar-refractivity contribution in [1.29, 1.82) is 0 Å². The molecule has 680 valence electrons. The summed E-state index contributed by atoms with van der Waals surface area (Å²) in [5, 5.41) is 0. The Bertz CT molecular complexity index is 4460. The molecular weight excluding hydrogens is 1660 g/mol. The van der Waals surface area contributed by atoms with Crippen LogP contribution in [-0.2, 0) is 42.8 Å². The van der Waals surface area contributed by atoms with Gasteiger partial charge >= 0.3 is 53.7 Å². The van der Waals surface area contributed by atoms with E-state index >= 15 is 0 Å². The maximum atomic E-state index is 13.2. The van der Waals surface area contributed by atoms with Gasteiger partial charge in [0, 0.05) is 62.7 Å². The summed E-state index contributed by atoms with van der Waals surface area (Å²) in [6.45, 7) is 17.8. The fourth-order valence-corrected chi connectivity index (χ4v) is 12.1. The highest BCUT2D eigenvalue weighted by molar-refractivity contribution is 5.95. The zero-order valence-corrected chi connectivity index (χ0v) is 72.6. The van der Waals surface area contributed by atoms with Gasteiger partial charge in [0.25, 0.3) is 0 Å². The van der Waals surface area contributed by atoms with Crippen molar-refractivity contribution in [2.45, 2.75) is 110 Å². The molecule has 0 aliphatic carbocycles. The Morgan fingerprint density at radius 1 is 0.217 bits per heavy atom. The Morgan fingerprint density at radius 2 is 0.380 bits per heavy atom. The van der Waals surface area contributed by atoms with Crippen LogP contribution in [0.4, 0.5) is 0 Å². The van der Waals surface area contributed by atoms with Gasteiger partial charge in [-0.25, -0.2) is 43.2 Å². The van der Waals surface area contributed by atoms with E-state index in [-0.39, 0.29) is 34.5 Å². The molecule has 0 fully saturated rings. The second-order valence-corrected chi connectivity index (χ2v) is 29.4. The molecule has 0 aliphatic rings. The molecule has 0 aromatic heterocycles. The van der Waals surface area contributed by atoms with Crippen molar-refractivity contribution in [2.75, 3.05) is 99.1 Å². The molecule has 0 unspecified atom stereocenters. The second-order valence-electron chi connectivity index (χ2n) is 29.4. The van der Waals surface area contributed by atoms with Gasteiger partial charge < -0.3 is 85.3 Å². The van der Waals surface area contributed by atoms with Crippen LogP contribution in [0.25, 0.3) is 0 Å². The Kier molecular flexibility index (Phi) is 43.1. The number of hydrogen-bond donors (Lipinski definition) is 0. The molecule has 9 rings (SSSR count). The van der Waals surface area contributed by atoms with Crippen molar-refractivity contribution in [3.63, 3.8) is 0 Å². The normalized spacial score (nSPS) is 10.9. The van der Waals surface area contributed by atoms with Crippen molar-refractivity contribution in [3.8, 4) is 69.0 Å². The molecule has 0 spiro atoms. The highest BCUT2D eigenvalue weighted by Crippen LogP contribution is 2.29. The minimum Gasteiger partial charge on any atom is -0.494 e. The van der Waals surface area contributed by atoms with Crippen LogP contribution in [0.1, 0.15) is 172 Å². The molecule has 0 N–H and O–H groups in total. The first-order chi connectivity index (χ1) is 62.9. The molecular formula is C102H110O27. The summed E-state index contributed by atoms with van der Waals surface area (Å²) in [6.07, 6.45) is 15.9. The highest BCUT2D eigenvalue weighted by atomic mass is 16.6. The van der Waals surface area contributed by atoms with E-state index in [1.54, 1.807) is 146 Å². The number of hydrogen-bond acceptors (Lipinski definition) is 27. The third-order valence-electron chi connectivity index (χ3n) is 19.5. The van der Waals surface area contributed by atoms with Crippen molar-refractivity contribution in [3.05, 3.63) is 290 Å². The van der Waals surface area contributed by atoms with Crippen LogP contribution in [0.2, 0.25) is 0 Å². The summed E-state index contributed by atoms with van der Waals surface area (Å²) in [5.74, 6) is 0.200. The SMILES string of the molecule is C=CC(=O)OCCCCCCOc1ccc(C(=O)Oc2ccc(OC(=O)c3ccc(OCCCOCC(CC)(COCCCOc4ccc(C(=O)Oc5ccc(OC(=O)c6ccc(OCCCCCCOC(=O)C=C)cc6)cc5)cc4)COCCCOc4ccc(C(=O)Oc5ccc(OC(=O)c6ccc(OCCCCCCOC(=O)C=C)cc6)cc5)cc4)cc3)cc2)cc1. The first kappa shape index (κ1) is 98.9. The fraction of sp³-hybridized carbons (Fsp3) is 0.324. The third-order valence-corrected chi connectivity index (χ3v) is 19.5. The fourth-order valence-electron chi connectivity index (χ4n) is 12.1. The van der Waals surface area contributed by atoms with Crippen molar-refractivity contribution in [1.82, 2.24) is 0 Å². The summed E-state index contributed by atoms with van der Waals surface area (Å²) in [7, 11) is 0. The number of ether oxygens (including phenoxy) is 18. The number of carbonyl (C=O) groups is 9. The van der Waals surface area contributed by atoms with Crippen molar-refractivity contribution in [2.24, 2.45) is 5.41 Å². The molecule has 27 nitrogen and oxygen atoms in total. The average Bonchev–Trinajstić information content (AvgIpc) is 0.859. The minimum atomic E-state index is -0.596. The van der Waals surface area contributed by atoms with E-state index in [4.69, 9.17) is 85.3 Å². The van der Waals surface area contributed by atoms with E-state index in [2.05, 4.69) is 26.7 Å². The molecule has 27 heteroatoms. The van der Waals surface area contributed by atoms with E-state index in [0.717, 1.165) is 95.3 Å². The number of rotatable bonds is 61. The average molecular weight is 1770 g/mol. The molecule has 0 amide bonds. The number of unbranched alkanes of at least 4 members (excludes halogenated alkanes) is 9. The van der Waals surface area contributed by atoms with Gasteiger partial charge in [-0.05, 0) is 302 Å². The van der Waals surface area contributed by atoms with E-state index in [1.807, 2.05) is 0 Å². The van der Waals surface area contributed by atoms with Crippen LogP contribution in [0.15, 0.2) is 256 Å². The molecule has 9 aromatic carbocycles. The molecule has 9 aromatic rings. The van der Waals surface area contributed by atoms with Crippen LogP contribution in [0.3, 0.4) is 0 Å². The topological polar surface area (TPSA) is 320 Å². The van der Waals surface area contributed by atoms with Gasteiger partial charge in [0.1, 0.15) is 69.0 Å². The summed E-state index contributed by atoms with van der Waals surface area (Å²) in [6, 6.07) is 58.0. The van der Waals surface area contributed by atoms with Gasteiger partial charge in [0.15, 0.2) is 0 Å². The Balaban J connectivity index is 0.677. The van der Waals surface area contributed by atoms with Crippen LogP contribution in [-0.4, -0.2) is 153 Å². The number of esters is 9. The number of benzene rings is 9. The lowest BCUT2D eigenvalue weighted by Crippen LogP contribution is -2.37. The zero-order chi connectivity index (χ0) is 91.3. The van der Waals surface area contributed by atoms with E-state index in [0.29, 0.717) is 193 Å². The molecule has 0 atom stereocenters. The summed E-state index contributed by atoms with van der Waals surface area (Å²) >= 11 is 0. The maximum absolute atomic E-state index is 13.2. The predicted molar refractivity (Wildman–Crippen MR) is 479 cm³/mol. The largest absolute Gasteiger partial charge is 0.494 e. The summed E-state index contributed by atoms with van der Waals surface area (Å²) < 4.78 is 103. The zero-order valence-electron chi connectivity index (χ0n) is 72.6. The van der Waals surface area contributed by atoms with Crippen LogP contribution < -0.4 is 56.8 Å². The molecule has 0 radical (unpaired) electrons. The first-order valence-electron chi connectivity index (χ1n) is 43.1. The Hall–Kier alpha value is -13.9. The Labute approximate surface area is 751 Å². The quantitative estimate of drug-likeness (QED) is 0.0112. The molecule has 0 heterocycles. The molecule has 0 saturated carbocycles. The van der Waals surface area contributed by atoms with Crippen molar-refractivity contribution >= 4 is 53.7 Å². The van der Waals surface area contributed by atoms with E-state index in [1.165, 1.54) is 72.8 Å². The minimum absolute atomic E-state index is 0.247. The maximum Gasteiger partial charge on any atom is 0.343 e. The standard InChI is InChI=1S/C102H110O27/c1-5-93(103)121-66-18-12-9-15-63-115-81-36-24-75(25-37-81)96(106)124-87-48-54-90(55-49-87)127-99(109)78-30-42-84(43-31-78)118-69-21-60-112-72-102(8-4,73-113-61-22-70-119-85-44-32-79(33-45-85)100(110)128-91-56-50-88(51-57-91)125-97(107)76-26-38-82(39-27-76)116-64-16-10-13-19-67-122-94(104)6-2)74-114-62-23-71-120-86-46-34-80(35-47-86)101(111)129-92-58-52-89(53-59-92)126-98(108)77-28-40-83(41-29-77)117-65-17-11-14-20-68-123-95(105)7-3/h5-7,24-59H,1-3,8-23,60-74H2,4H3. The number of carbonyl (C=O) groups excluding carboxylic acids is 9.